The average Bonchev–Trinajstić information content (AvgIpc) is 2.93. The number of hydrogen-bond donors (Lipinski definition) is 1. The molecule has 20 heavy (non-hydrogen) atoms. The summed E-state index contributed by atoms with van der Waals surface area (Å²) in [6.45, 7) is 7.18. The summed E-state index contributed by atoms with van der Waals surface area (Å²) < 4.78 is 0. The quantitative estimate of drug-likeness (QED) is 0.908. The molecule has 5 nitrogen and oxygen atoms in total. The Bertz CT molecular complexity index is 591. The highest BCUT2D eigenvalue weighted by Gasteiger charge is 2.19. The number of aryl methyl sites for hydroxylation is 2. The molecule has 0 aliphatic rings. The second kappa shape index (κ2) is 6.32. The summed E-state index contributed by atoms with van der Waals surface area (Å²) in [5, 5.41) is 6.77. The van der Waals surface area contributed by atoms with Crippen molar-refractivity contribution in [3.05, 3.63) is 47.0 Å². The Morgan fingerprint density at radius 3 is 2.75 bits per heavy atom. The number of nitrogens with one attached hydrogen (secondary N) is 1. The molecule has 0 saturated heterocycles. The van der Waals surface area contributed by atoms with Crippen LogP contribution in [0.2, 0.25) is 0 Å². The molecule has 1 N–H and O–H groups in total. The molecule has 0 aliphatic carbocycles. The van der Waals surface area contributed by atoms with Gasteiger partial charge in [-0.2, -0.15) is 0 Å². The maximum atomic E-state index is 12.4. The molecule has 1 amide bonds. The lowest BCUT2D eigenvalue weighted by Crippen LogP contribution is -2.31. The fourth-order valence-corrected chi connectivity index (χ4v) is 2.05. The third-order valence-corrected chi connectivity index (χ3v) is 3.18. The fraction of sp³-hybridized carbons (Fsp3) is 0.400. The fourth-order valence-electron chi connectivity index (χ4n) is 2.05. The van der Waals surface area contributed by atoms with E-state index in [-0.39, 0.29) is 11.7 Å². The van der Waals surface area contributed by atoms with Gasteiger partial charge in [0.2, 0.25) is 5.82 Å². The first kappa shape index (κ1) is 14.2. The highest BCUT2D eigenvalue weighted by molar-refractivity contribution is 5.90. The predicted octanol–water partition coefficient (Wildman–Crippen LogP) is 2.34. The lowest BCUT2D eigenvalue weighted by Gasteiger charge is -2.19. The van der Waals surface area contributed by atoms with Gasteiger partial charge < -0.3 is 4.90 Å². The van der Waals surface area contributed by atoms with Crippen LogP contribution in [0.25, 0.3) is 0 Å². The molecule has 0 bridgehead atoms. The standard InChI is InChI=1S/C15H20N4O/c1-4-13-16-14(18-17-13)15(20)19(5-2)10-12-8-6-7-11(3)9-12/h6-9H,4-5,10H2,1-3H3,(H,16,17,18). The van der Waals surface area contributed by atoms with Gasteiger partial charge in [0.15, 0.2) is 0 Å². The number of aromatic nitrogens is 3. The van der Waals surface area contributed by atoms with Gasteiger partial charge in [-0.3, -0.25) is 9.89 Å². The number of rotatable bonds is 5. The van der Waals surface area contributed by atoms with Gasteiger partial charge in [0.25, 0.3) is 5.91 Å². The van der Waals surface area contributed by atoms with Gasteiger partial charge in [0.1, 0.15) is 5.82 Å². The average molecular weight is 272 g/mol. The molecule has 0 fully saturated rings. The molecule has 2 aromatic rings. The minimum absolute atomic E-state index is 0.134. The first-order valence-electron chi connectivity index (χ1n) is 6.90. The summed E-state index contributed by atoms with van der Waals surface area (Å²) >= 11 is 0. The molecule has 0 saturated carbocycles. The van der Waals surface area contributed by atoms with Crippen molar-refractivity contribution in [2.45, 2.75) is 33.7 Å². The van der Waals surface area contributed by atoms with E-state index < -0.39 is 0 Å². The van der Waals surface area contributed by atoms with Crippen LogP contribution in [0.3, 0.4) is 0 Å². The predicted molar refractivity (Wildman–Crippen MR) is 77.4 cm³/mol. The Balaban J connectivity index is 2.13. The number of amides is 1. The molecule has 1 aromatic heterocycles. The molecule has 2 rings (SSSR count). The largest absolute Gasteiger partial charge is 0.332 e. The third kappa shape index (κ3) is 3.23. The van der Waals surface area contributed by atoms with E-state index in [1.807, 2.05) is 39.0 Å². The third-order valence-electron chi connectivity index (χ3n) is 3.18. The van der Waals surface area contributed by atoms with Crippen molar-refractivity contribution in [2.24, 2.45) is 0 Å². The number of benzene rings is 1. The molecule has 5 heteroatoms. The monoisotopic (exact) mass is 272 g/mol. The lowest BCUT2D eigenvalue weighted by molar-refractivity contribution is 0.0740. The zero-order chi connectivity index (χ0) is 14.5. The maximum Gasteiger partial charge on any atom is 0.293 e. The van der Waals surface area contributed by atoms with Crippen LogP contribution in [-0.4, -0.2) is 32.5 Å². The molecule has 0 aliphatic heterocycles. The number of H-pyrrole nitrogens is 1. The van der Waals surface area contributed by atoms with Crippen molar-refractivity contribution in [3.63, 3.8) is 0 Å². The van der Waals surface area contributed by atoms with Gasteiger partial charge >= 0.3 is 0 Å². The molecule has 0 radical (unpaired) electrons. The topological polar surface area (TPSA) is 61.9 Å². The second-order valence-corrected chi connectivity index (χ2v) is 4.77. The summed E-state index contributed by atoms with van der Waals surface area (Å²) in [5.74, 6) is 0.848. The SMILES string of the molecule is CCc1nc(C(=O)N(CC)Cc2cccc(C)c2)n[nH]1. The van der Waals surface area contributed by atoms with Gasteiger partial charge in [-0.15, -0.1) is 5.10 Å². The molecular formula is C15H20N4O. The molecule has 1 heterocycles. The highest BCUT2D eigenvalue weighted by Crippen LogP contribution is 2.10. The molecule has 0 unspecified atom stereocenters. The van der Waals surface area contributed by atoms with Crippen molar-refractivity contribution in [3.8, 4) is 0 Å². The van der Waals surface area contributed by atoms with Crippen LogP contribution in [0.15, 0.2) is 24.3 Å². The maximum absolute atomic E-state index is 12.4. The lowest BCUT2D eigenvalue weighted by atomic mass is 10.1. The second-order valence-electron chi connectivity index (χ2n) is 4.77. The Hall–Kier alpha value is -2.17. The Morgan fingerprint density at radius 2 is 2.15 bits per heavy atom. The normalized spacial score (nSPS) is 10.6. The van der Waals surface area contributed by atoms with Crippen LogP contribution in [0.5, 0.6) is 0 Å². The number of carbonyl (C=O) groups is 1. The van der Waals surface area contributed by atoms with E-state index in [9.17, 15) is 4.79 Å². The van der Waals surface area contributed by atoms with E-state index in [1.165, 1.54) is 5.56 Å². The number of carbonyl (C=O) groups excluding carboxylic acids is 1. The zero-order valence-electron chi connectivity index (χ0n) is 12.2. The molecule has 0 atom stereocenters. The van der Waals surface area contributed by atoms with Gasteiger partial charge in [-0.1, -0.05) is 36.8 Å². The van der Waals surface area contributed by atoms with Crippen molar-refractivity contribution >= 4 is 5.91 Å². The van der Waals surface area contributed by atoms with Crippen LogP contribution in [0.1, 0.15) is 41.4 Å². The van der Waals surface area contributed by atoms with E-state index >= 15 is 0 Å². The van der Waals surface area contributed by atoms with Crippen LogP contribution in [-0.2, 0) is 13.0 Å². The van der Waals surface area contributed by atoms with Crippen LogP contribution in [0, 0.1) is 6.92 Å². The van der Waals surface area contributed by atoms with E-state index in [0.29, 0.717) is 13.1 Å². The molecular weight excluding hydrogens is 252 g/mol. The minimum Gasteiger partial charge on any atom is -0.332 e. The van der Waals surface area contributed by atoms with E-state index in [0.717, 1.165) is 17.8 Å². The van der Waals surface area contributed by atoms with Gasteiger partial charge in [0, 0.05) is 19.5 Å². The molecule has 0 spiro atoms. The summed E-state index contributed by atoms with van der Waals surface area (Å²) in [5.41, 5.74) is 2.31. The van der Waals surface area contributed by atoms with Gasteiger partial charge in [-0.05, 0) is 19.4 Å². The minimum atomic E-state index is -0.134. The molecule has 106 valence electrons. The Morgan fingerprint density at radius 1 is 1.35 bits per heavy atom. The van der Waals surface area contributed by atoms with Gasteiger partial charge in [0.05, 0.1) is 0 Å². The highest BCUT2D eigenvalue weighted by atomic mass is 16.2. The summed E-state index contributed by atoms with van der Waals surface area (Å²) in [6, 6.07) is 8.17. The summed E-state index contributed by atoms with van der Waals surface area (Å²) in [7, 11) is 0. The first-order valence-corrected chi connectivity index (χ1v) is 6.90. The van der Waals surface area contributed by atoms with Crippen LogP contribution >= 0.6 is 0 Å². The summed E-state index contributed by atoms with van der Waals surface area (Å²) in [6.07, 6.45) is 0.740. The van der Waals surface area contributed by atoms with Gasteiger partial charge in [-0.25, -0.2) is 4.98 Å². The number of nitrogens with zero attached hydrogens (tertiary/aromatic N) is 3. The van der Waals surface area contributed by atoms with E-state index in [1.54, 1.807) is 4.90 Å². The summed E-state index contributed by atoms with van der Waals surface area (Å²) in [4.78, 5) is 18.3. The van der Waals surface area contributed by atoms with E-state index in [4.69, 9.17) is 0 Å². The van der Waals surface area contributed by atoms with Crippen LogP contribution in [0.4, 0.5) is 0 Å². The Kier molecular flexibility index (Phi) is 4.50. The van der Waals surface area contributed by atoms with Crippen molar-refractivity contribution in [2.75, 3.05) is 6.54 Å². The number of aromatic amines is 1. The van der Waals surface area contributed by atoms with Crippen molar-refractivity contribution in [1.29, 1.82) is 0 Å². The number of hydrogen-bond acceptors (Lipinski definition) is 3. The molecule has 1 aromatic carbocycles. The zero-order valence-corrected chi connectivity index (χ0v) is 12.2. The Labute approximate surface area is 119 Å². The van der Waals surface area contributed by atoms with Crippen molar-refractivity contribution < 1.29 is 4.79 Å². The van der Waals surface area contributed by atoms with Crippen molar-refractivity contribution in [1.82, 2.24) is 20.1 Å². The first-order chi connectivity index (χ1) is 9.63. The van der Waals surface area contributed by atoms with E-state index in [2.05, 4.69) is 21.2 Å². The van der Waals surface area contributed by atoms with Crippen LogP contribution < -0.4 is 0 Å². The smallest absolute Gasteiger partial charge is 0.293 e.